The Morgan fingerprint density at radius 2 is 1.88 bits per heavy atom. The maximum Gasteiger partial charge on any atom is 0.260 e. The number of hydrogen-bond acceptors (Lipinski definition) is 3. The lowest BCUT2D eigenvalue weighted by molar-refractivity contribution is -0.123. The van der Waals surface area contributed by atoms with Crippen molar-refractivity contribution in [2.45, 2.75) is 31.3 Å². The molecule has 2 aromatic rings. The minimum absolute atomic E-state index is 0.00483. The zero-order chi connectivity index (χ0) is 16.9. The predicted octanol–water partition coefficient (Wildman–Crippen LogP) is 0.995. The zero-order valence-corrected chi connectivity index (χ0v) is 13.1. The normalized spacial score (nSPS) is 14.7. The number of H-pyrrole nitrogens is 1. The first-order valence-electron chi connectivity index (χ1n) is 7.96. The summed E-state index contributed by atoms with van der Waals surface area (Å²) >= 11 is 0. The number of carbonyl (C=O) groups is 2. The van der Waals surface area contributed by atoms with Crippen LogP contribution in [0.15, 0.2) is 53.5 Å². The highest BCUT2D eigenvalue weighted by Crippen LogP contribution is 2.19. The smallest absolute Gasteiger partial charge is 0.260 e. The van der Waals surface area contributed by atoms with Gasteiger partial charge in [0, 0.05) is 18.7 Å². The van der Waals surface area contributed by atoms with Gasteiger partial charge in [-0.3, -0.25) is 14.4 Å². The second-order valence-corrected chi connectivity index (χ2v) is 5.91. The van der Waals surface area contributed by atoms with Gasteiger partial charge in [0.25, 0.3) is 11.5 Å². The first-order chi connectivity index (χ1) is 11.6. The molecular weight excluding hydrogens is 306 g/mol. The van der Waals surface area contributed by atoms with Crippen LogP contribution in [-0.4, -0.2) is 28.9 Å². The third-order valence-electron chi connectivity index (χ3n) is 3.89. The molecule has 3 N–H and O–H groups in total. The van der Waals surface area contributed by atoms with Gasteiger partial charge in [0.1, 0.15) is 11.6 Å². The molecule has 1 heterocycles. The molecule has 1 aliphatic carbocycles. The molecule has 1 aromatic carbocycles. The Balaban J connectivity index is 1.75. The molecule has 1 atom stereocenters. The number of aromatic amines is 1. The number of rotatable bonds is 6. The third kappa shape index (κ3) is 4.10. The van der Waals surface area contributed by atoms with Crippen LogP contribution in [0.5, 0.6) is 0 Å². The van der Waals surface area contributed by atoms with Gasteiger partial charge in [-0.05, 0) is 30.5 Å². The zero-order valence-electron chi connectivity index (χ0n) is 13.1. The highest BCUT2D eigenvalue weighted by molar-refractivity contribution is 5.97. The van der Waals surface area contributed by atoms with Crippen LogP contribution in [0.25, 0.3) is 0 Å². The van der Waals surface area contributed by atoms with Crippen molar-refractivity contribution in [3.8, 4) is 0 Å². The van der Waals surface area contributed by atoms with E-state index in [2.05, 4.69) is 15.6 Å². The van der Waals surface area contributed by atoms with Crippen molar-refractivity contribution >= 4 is 11.8 Å². The molecule has 1 unspecified atom stereocenters. The molecule has 0 radical (unpaired) electrons. The van der Waals surface area contributed by atoms with Crippen molar-refractivity contribution in [1.82, 2.24) is 15.6 Å². The molecule has 1 aromatic heterocycles. The molecule has 1 saturated carbocycles. The average molecular weight is 325 g/mol. The molecule has 1 aliphatic rings. The van der Waals surface area contributed by atoms with Crippen LogP contribution in [0.1, 0.15) is 28.8 Å². The molecule has 0 saturated heterocycles. The van der Waals surface area contributed by atoms with Crippen LogP contribution in [0.3, 0.4) is 0 Å². The first-order valence-corrected chi connectivity index (χ1v) is 7.96. The molecule has 0 bridgehead atoms. The summed E-state index contributed by atoms with van der Waals surface area (Å²) in [6.45, 7) is 0. The van der Waals surface area contributed by atoms with Gasteiger partial charge < -0.3 is 15.6 Å². The molecule has 6 heteroatoms. The minimum atomic E-state index is -0.722. The first kappa shape index (κ1) is 16.0. The number of benzene rings is 1. The largest absolute Gasteiger partial charge is 0.352 e. The van der Waals surface area contributed by atoms with E-state index in [0.29, 0.717) is 6.42 Å². The molecule has 24 heavy (non-hydrogen) atoms. The lowest BCUT2D eigenvalue weighted by atomic mass is 10.0. The average Bonchev–Trinajstić information content (AvgIpc) is 3.39. The third-order valence-corrected chi connectivity index (χ3v) is 3.89. The Bertz CT molecular complexity index is 781. The maximum atomic E-state index is 12.4. The molecular formula is C18H19N3O3. The van der Waals surface area contributed by atoms with Crippen molar-refractivity contribution in [3.05, 3.63) is 70.1 Å². The van der Waals surface area contributed by atoms with Crippen LogP contribution >= 0.6 is 0 Å². The number of nitrogens with one attached hydrogen (secondary N) is 3. The second-order valence-electron chi connectivity index (χ2n) is 5.91. The minimum Gasteiger partial charge on any atom is -0.352 e. The van der Waals surface area contributed by atoms with E-state index in [-0.39, 0.29) is 17.5 Å². The van der Waals surface area contributed by atoms with Crippen molar-refractivity contribution < 1.29 is 9.59 Å². The standard InChI is InChI=1S/C18H19N3O3/c22-16-14(7-4-10-19-16)17(23)21-15(18(24)20-13-8-9-13)11-12-5-2-1-3-6-12/h1-7,10,13,15H,8-9,11H2,(H,19,22)(H,20,24)(H,21,23). The van der Waals surface area contributed by atoms with Crippen molar-refractivity contribution in [2.75, 3.05) is 0 Å². The van der Waals surface area contributed by atoms with E-state index in [0.717, 1.165) is 18.4 Å². The molecule has 6 nitrogen and oxygen atoms in total. The number of amides is 2. The Morgan fingerprint density at radius 3 is 2.54 bits per heavy atom. The van der Waals surface area contributed by atoms with Gasteiger partial charge >= 0.3 is 0 Å². The van der Waals surface area contributed by atoms with Crippen LogP contribution in [0.4, 0.5) is 0 Å². The van der Waals surface area contributed by atoms with E-state index in [1.54, 1.807) is 6.07 Å². The van der Waals surface area contributed by atoms with E-state index >= 15 is 0 Å². The van der Waals surface area contributed by atoms with E-state index in [9.17, 15) is 14.4 Å². The summed E-state index contributed by atoms with van der Waals surface area (Å²) in [5.41, 5.74) is 0.460. The SMILES string of the molecule is O=C(NC(Cc1ccccc1)C(=O)NC1CC1)c1ccc[nH]c1=O. The van der Waals surface area contributed by atoms with Gasteiger partial charge in [0.05, 0.1) is 0 Å². The molecule has 0 spiro atoms. The van der Waals surface area contributed by atoms with E-state index in [4.69, 9.17) is 0 Å². The van der Waals surface area contributed by atoms with Gasteiger partial charge in [-0.15, -0.1) is 0 Å². The van der Waals surface area contributed by atoms with E-state index in [1.165, 1.54) is 12.3 Å². The lowest BCUT2D eigenvalue weighted by Gasteiger charge is -2.18. The van der Waals surface area contributed by atoms with Gasteiger partial charge in [0.2, 0.25) is 5.91 Å². The molecule has 2 amide bonds. The monoisotopic (exact) mass is 325 g/mol. The fourth-order valence-corrected chi connectivity index (χ4v) is 2.42. The van der Waals surface area contributed by atoms with E-state index in [1.807, 2.05) is 30.3 Å². The maximum absolute atomic E-state index is 12.4. The Hall–Kier alpha value is -2.89. The van der Waals surface area contributed by atoms with Gasteiger partial charge in [-0.25, -0.2) is 0 Å². The molecule has 0 aliphatic heterocycles. The van der Waals surface area contributed by atoms with Crippen LogP contribution in [0.2, 0.25) is 0 Å². The predicted molar refractivity (Wildman–Crippen MR) is 89.6 cm³/mol. The van der Waals surface area contributed by atoms with Gasteiger partial charge in [-0.1, -0.05) is 30.3 Å². The molecule has 124 valence electrons. The Labute approximate surface area is 139 Å². The summed E-state index contributed by atoms with van der Waals surface area (Å²) < 4.78 is 0. The fraction of sp³-hybridized carbons (Fsp3) is 0.278. The Morgan fingerprint density at radius 1 is 1.12 bits per heavy atom. The van der Waals surface area contributed by atoms with Crippen molar-refractivity contribution in [3.63, 3.8) is 0 Å². The number of pyridine rings is 1. The van der Waals surface area contributed by atoms with Crippen molar-refractivity contribution in [1.29, 1.82) is 0 Å². The summed E-state index contributed by atoms with van der Waals surface area (Å²) in [6, 6.07) is 12.0. The summed E-state index contributed by atoms with van der Waals surface area (Å²) in [5.74, 6) is -0.772. The summed E-state index contributed by atoms with van der Waals surface area (Å²) in [4.78, 5) is 39.0. The fourth-order valence-electron chi connectivity index (χ4n) is 2.42. The second kappa shape index (κ2) is 7.12. The molecule has 3 rings (SSSR count). The van der Waals surface area contributed by atoms with Crippen LogP contribution in [-0.2, 0) is 11.2 Å². The highest BCUT2D eigenvalue weighted by atomic mass is 16.2. The summed E-state index contributed by atoms with van der Waals surface area (Å²) in [6.07, 6.45) is 3.77. The number of aromatic nitrogens is 1. The quantitative estimate of drug-likeness (QED) is 0.740. The van der Waals surface area contributed by atoms with Gasteiger partial charge in [-0.2, -0.15) is 0 Å². The highest BCUT2D eigenvalue weighted by Gasteiger charge is 2.29. The summed E-state index contributed by atoms with van der Waals surface area (Å²) in [5, 5.41) is 5.59. The van der Waals surface area contributed by atoms with Crippen LogP contribution < -0.4 is 16.2 Å². The van der Waals surface area contributed by atoms with Gasteiger partial charge in [0.15, 0.2) is 0 Å². The number of hydrogen-bond donors (Lipinski definition) is 3. The molecule has 1 fully saturated rings. The number of carbonyl (C=O) groups excluding carboxylic acids is 2. The summed E-state index contributed by atoms with van der Waals surface area (Å²) in [7, 11) is 0. The lowest BCUT2D eigenvalue weighted by Crippen LogP contribution is -2.49. The van der Waals surface area contributed by atoms with E-state index < -0.39 is 17.5 Å². The van der Waals surface area contributed by atoms with Crippen molar-refractivity contribution in [2.24, 2.45) is 0 Å². The van der Waals surface area contributed by atoms with Crippen LogP contribution in [0, 0.1) is 0 Å². The topological polar surface area (TPSA) is 91.1 Å². The Kier molecular flexibility index (Phi) is 4.74.